The van der Waals surface area contributed by atoms with E-state index in [1.54, 1.807) is 24.4 Å². The van der Waals surface area contributed by atoms with E-state index in [0.717, 1.165) is 11.1 Å². The molecule has 0 aliphatic heterocycles. The molecule has 7 heteroatoms. The van der Waals surface area contributed by atoms with E-state index >= 15 is 0 Å². The molecule has 2 aromatic carbocycles. The number of rotatable bonds is 4. The third-order valence-electron chi connectivity index (χ3n) is 4.82. The third kappa shape index (κ3) is 2.90. The van der Waals surface area contributed by atoms with E-state index in [9.17, 15) is 9.59 Å². The SMILES string of the molecule is COc1cc2nc(Cc3c[nH]c4c(C)cccc4c3=O)[nH]c(=O)c2cc1OC. The summed E-state index contributed by atoms with van der Waals surface area (Å²) in [6.07, 6.45) is 1.88. The number of para-hydroxylation sites is 1. The molecule has 0 atom stereocenters. The van der Waals surface area contributed by atoms with E-state index in [0.29, 0.717) is 39.2 Å². The molecule has 0 bridgehead atoms. The summed E-state index contributed by atoms with van der Waals surface area (Å²) in [5, 5.41) is 1.01. The molecule has 28 heavy (non-hydrogen) atoms. The van der Waals surface area contributed by atoms with Crippen molar-refractivity contribution in [3.05, 3.63) is 74.1 Å². The molecular formula is C21H19N3O4. The van der Waals surface area contributed by atoms with E-state index < -0.39 is 0 Å². The number of benzene rings is 2. The van der Waals surface area contributed by atoms with E-state index in [-0.39, 0.29) is 17.4 Å². The predicted molar refractivity (Wildman–Crippen MR) is 108 cm³/mol. The quantitative estimate of drug-likeness (QED) is 0.570. The molecule has 0 spiro atoms. The van der Waals surface area contributed by atoms with Crippen molar-refractivity contribution in [1.29, 1.82) is 0 Å². The number of hydrogen-bond acceptors (Lipinski definition) is 5. The first-order valence-electron chi connectivity index (χ1n) is 8.76. The van der Waals surface area contributed by atoms with Gasteiger partial charge >= 0.3 is 0 Å². The van der Waals surface area contributed by atoms with Gasteiger partial charge in [0.15, 0.2) is 16.9 Å². The van der Waals surface area contributed by atoms with Crippen LogP contribution in [0.3, 0.4) is 0 Å². The second-order valence-corrected chi connectivity index (χ2v) is 6.55. The Hall–Kier alpha value is -3.61. The van der Waals surface area contributed by atoms with Crippen LogP contribution in [0.4, 0.5) is 0 Å². The molecule has 0 fully saturated rings. The summed E-state index contributed by atoms with van der Waals surface area (Å²) in [5.74, 6) is 1.34. The zero-order chi connectivity index (χ0) is 19.8. The molecule has 7 nitrogen and oxygen atoms in total. The lowest BCUT2D eigenvalue weighted by Gasteiger charge is -2.09. The fourth-order valence-electron chi connectivity index (χ4n) is 3.36. The molecule has 4 rings (SSSR count). The van der Waals surface area contributed by atoms with Crippen molar-refractivity contribution in [2.45, 2.75) is 13.3 Å². The zero-order valence-corrected chi connectivity index (χ0v) is 15.8. The van der Waals surface area contributed by atoms with Crippen molar-refractivity contribution in [1.82, 2.24) is 15.0 Å². The Morgan fingerprint density at radius 3 is 2.54 bits per heavy atom. The van der Waals surface area contributed by atoms with Gasteiger partial charge in [-0.15, -0.1) is 0 Å². The number of nitrogens with one attached hydrogen (secondary N) is 2. The van der Waals surface area contributed by atoms with Gasteiger partial charge in [-0.3, -0.25) is 9.59 Å². The fraction of sp³-hybridized carbons (Fsp3) is 0.190. The van der Waals surface area contributed by atoms with Crippen LogP contribution in [0, 0.1) is 6.92 Å². The first-order chi connectivity index (χ1) is 13.5. The van der Waals surface area contributed by atoms with Crippen LogP contribution in [-0.2, 0) is 6.42 Å². The standard InChI is InChI=1S/C21H19N3O4/c1-11-5-4-6-13-19(11)22-10-12(20(13)25)7-18-23-15-9-17(28-3)16(27-2)8-14(15)21(26)24-18/h4-6,8-10H,7H2,1-3H3,(H,22,25)(H,23,24,26). The number of fused-ring (bicyclic) bond motifs is 2. The van der Waals surface area contributed by atoms with E-state index in [1.807, 2.05) is 19.1 Å². The van der Waals surface area contributed by atoms with Crippen LogP contribution in [-0.4, -0.2) is 29.2 Å². The molecule has 4 aromatic rings. The lowest BCUT2D eigenvalue weighted by Crippen LogP contribution is -2.16. The number of aromatic amines is 2. The summed E-state index contributed by atoms with van der Waals surface area (Å²) in [6.45, 7) is 1.95. The number of H-pyrrole nitrogens is 2. The molecule has 2 N–H and O–H groups in total. The minimum atomic E-state index is -0.297. The van der Waals surface area contributed by atoms with Crippen molar-refractivity contribution in [3.8, 4) is 11.5 Å². The Bertz CT molecular complexity index is 1320. The highest BCUT2D eigenvalue weighted by molar-refractivity contribution is 5.83. The Kier molecular flexibility index (Phi) is 4.35. The summed E-state index contributed by atoms with van der Waals surface area (Å²) in [5.41, 5.74) is 2.44. The lowest BCUT2D eigenvalue weighted by atomic mass is 10.1. The van der Waals surface area contributed by atoms with Crippen LogP contribution >= 0.6 is 0 Å². The number of aromatic nitrogens is 3. The molecule has 0 unspecified atom stereocenters. The maximum Gasteiger partial charge on any atom is 0.258 e. The van der Waals surface area contributed by atoms with Crippen molar-refractivity contribution in [2.24, 2.45) is 0 Å². The molecule has 0 aliphatic rings. The summed E-state index contributed by atoms with van der Waals surface area (Å²) in [4.78, 5) is 35.8. The number of nitrogens with zero attached hydrogens (tertiary/aromatic N) is 1. The summed E-state index contributed by atoms with van der Waals surface area (Å²) >= 11 is 0. The van der Waals surface area contributed by atoms with E-state index in [1.165, 1.54) is 14.2 Å². The van der Waals surface area contributed by atoms with Gasteiger partial charge in [0, 0.05) is 29.6 Å². The van der Waals surface area contributed by atoms with Crippen LogP contribution in [0.1, 0.15) is 17.0 Å². The molecular weight excluding hydrogens is 358 g/mol. The van der Waals surface area contributed by atoms with Gasteiger partial charge in [-0.05, 0) is 24.6 Å². The van der Waals surface area contributed by atoms with Gasteiger partial charge in [0.05, 0.1) is 30.6 Å². The van der Waals surface area contributed by atoms with Crippen molar-refractivity contribution in [3.63, 3.8) is 0 Å². The first-order valence-corrected chi connectivity index (χ1v) is 8.76. The Labute approximate surface area is 160 Å². The molecule has 0 aliphatic carbocycles. The van der Waals surface area contributed by atoms with Crippen molar-refractivity contribution >= 4 is 21.8 Å². The van der Waals surface area contributed by atoms with E-state index in [2.05, 4.69) is 15.0 Å². The molecule has 0 saturated heterocycles. The molecule has 0 radical (unpaired) electrons. The minimum absolute atomic E-state index is 0.0764. The van der Waals surface area contributed by atoms with Gasteiger partial charge in [-0.25, -0.2) is 4.98 Å². The number of aryl methyl sites for hydroxylation is 1. The number of ether oxygens (including phenoxy) is 2. The van der Waals surface area contributed by atoms with Crippen LogP contribution in [0.2, 0.25) is 0 Å². The second-order valence-electron chi connectivity index (χ2n) is 6.55. The van der Waals surface area contributed by atoms with Gasteiger partial charge in [0.2, 0.25) is 0 Å². The number of methoxy groups -OCH3 is 2. The highest BCUT2D eigenvalue weighted by atomic mass is 16.5. The summed E-state index contributed by atoms with van der Waals surface area (Å²) in [7, 11) is 3.03. The topological polar surface area (TPSA) is 97.1 Å². The average molecular weight is 377 g/mol. The van der Waals surface area contributed by atoms with Gasteiger partial charge in [0.25, 0.3) is 5.56 Å². The normalized spacial score (nSPS) is 11.1. The van der Waals surface area contributed by atoms with Gasteiger partial charge < -0.3 is 19.4 Å². The van der Waals surface area contributed by atoms with Crippen LogP contribution in [0.15, 0.2) is 46.1 Å². The van der Waals surface area contributed by atoms with Crippen LogP contribution < -0.4 is 20.5 Å². The minimum Gasteiger partial charge on any atom is -0.493 e. The third-order valence-corrected chi connectivity index (χ3v) is 4.82. The molecule has 2 heterocycles. The monoisotopic (exact) mass is 377 g/mol. The first kappa shape index (κ1) is 17.8. The average Bonchev–Trinajstić information content (AvgIpc) is 2.69. The lowest BCUT2D eigenvalue weighted by molar-refractivity contribution is 0.355. The molecule has 0 amide bonds. The van der Waals surface area contributed by atoms with Crippen molar-refractivity contribution < 1.29 is 9.47 Å². The Morgan fingerprint density at radius 1 is 1.04 bits per heavy atom. The molecule has 2 aromatic heterocycles. The Morgan fingerprint density at radius 2 is 1.79 bits per heavy atom. The van der Waals surface area contributed by atoms with E-state index in [4.69, 9.17) is 9.47 Å². The van der Waals surface area contributed by atoms with Gasteiger partial charge in [-0.1, -0.05) is 12.1 Å². The highest BCUT2D eigenvalue weighted by Crippen LogP contribution is 2.30. The zero-order valence-electron chi connectivity index (χ0n) is 15.8. The maximum absolute atomic E-state index is 12.8. The van der Waals surface area contributed by atoms with Crippen molar-refractivity contribution in [2.75, 3.05) is 14.2 Å². The fourth-order valence-corrected chi connectivity index (χ4v) is 3.36. The maximum atomic E-state index is 12.8. The Balaban J connectivity index is 1.82. The highest BCUT2D eigenvalue weighted by Gasteiger charge is 2.13. The van der Waals surface area contributed by atoms with Crippen LogP contribution in [0.5, 0.6) is 11.5 Å². The second kappa shape index (κ2) is 6.84. The molecule has 0 saturated carbocycles. The largest absolute Gasteiger partial charge is 0.493 e. The predicted octanol–water partition coefficient (Wildman–Crippen LogP) is 2.68. The van der Waals surface area contributed by atoms with Gasteiger partial charge in [-0.2, -0.15) is 0 Å². The summed E-state index contributed by atoms with van der Waals surface area (Å²) in [6, 6.07) is 8.84. The van der Waals surface area contributed by atoms with Crippen LogP contribution in [0.25, 0.3) is 21.8 Å². The number of hydrogen-bond donors (Lipinski definition) is 2. The smallest absolute Gasteiger partial charge is 0.258 e. The van der Waals surface area contributed by atoms with Gasteiger partial charge in [0.1, 0.15) is 5.82 Å². The molecule has 142 valence electrons. The number of pyridine rings is 1. The summed E-state index contributed by atoms with van der Waals surface area (Å²) < 4.78 is 10.5.